The van der Waals surface area contributed by atoms with Gasteiger partial charge in [-0.15, -0.1) is 0 Å². The van der Waals surface area contributed by atoms with Crippen molar-refractivity contribution in [2.75, 3.05) is 6.54 Å². The third kappa shape index (κ3) is 5.04. The first kappa shape index (κ1) is 24.5. The number of hydrogen-bond acceptors (Lipinski definition) is 5. The number of aliphatic carboxylic acids is 1. The van der Waals surface area contributed by atoms with Crippen LogP contribution in [0.5, 0.6) is 0 Å². The summed E-state index contributed by atoms with van der Waals surface area (Å²) in [6.45, 7) is 1.98. The number of aromatic nitrogens is 1. The monoisotopic (exact) mass is 496 g/mol. The molecular weight excluding hydrogens is 468 g/mol. The molecule has 0 bridgehead atoms. The van der Waals surface area contributed by atoms with Gasteiger partial charge < -0.3 is 9.63 Å². The molecule has 37 heavy (non-hydrogen) atoms. The number of carboxylic acid groups (broad SMARTS) is 1. The zero-order valence-corrected chi connectivity index (χ0v) is 20.6. The zero-order chi connectivity index (χ0) is 26.0. The van der Waals surface area contributed by atoms with Gasteiger partial charge in [-0.2, -0.15) is 0 Å². The van der Waals surface area contributed by atoms with Crippen LogP contribution in [0.15, 0.2) is 83.4 Å². The van der Waals surface area contributed by atoms with Gasteiger partial charge in [0.2, 0.25) is 0 Å². The van der Waals surface area contributed by atoms with Crippen molar-refractivity contribution in [3.63, 3.8) is 0 Å². The molecule has 1 aliphatic rings. The highest BCUT2D eigenvalue weighted by Crippen LogP contribution is 2.48. The van der Waals surface area contributed by atoms with E-state index in [2.05, 4.69) is 5.16 Å². The molecule has 188 valence electrons. The van der Waals surface area contributed by atoms with Crippen molar-refractivity contribution >= 4 is 11.9 Å². The maximum absolute atomic E-state index is 12.7. The fourth-order valence-electron chi connectivity index (χ4n) is 4.62. The van der Waals surface area contributed by atoms with E-state index < -0.39 is 17.3 Å². The Hall–Kier alpha value is -4.23. The summed E-state index contributed by atoms with van der Waals surface area (Å²) in [6.07, 6.45) is 1.89. The topological polar surface area (TPSA) is 104 Å². The molecule has 0 radical (unpaired) electrons. The van der Waals surface area contributed by atoms with Crippen molar-refractivity contribution in [1.29, 1.82) is 0 Å². The molecular formula is C30H28N2O5. The molecule has 1 saturated carbocycles. The fourth-order valence-corrected chi connectivity index (χ4v) is 4.62. The average molecular weight is 497 g/mol. The third-order valence-corrected chi connectivity index (χ3v) is 7.13. The average Bonchev–Trinajstić information content (AvgIpc) is 3.67. The Morgan fingerprint density at radius 2 is 1.51 bits per heavy atom. The number of hydrogen-bond donors (Lipinski definition) is 2. The molecule has 0 atom stereocenters. The second-order valence-electron chi connectivity index (χ2n) is 9.55. The maximum atomic E-state index is 12.7. The summed E-state index contributed by atoms with van der Waals surface area (Å²) in [5, 5.41) is 24.6. The molecule has 4 aromatic rings. The van der Waals surface area contributed by atoms with Crippen molar-refractivity contribution < 1.29 is 24.4 Å². The minimum absolute atomic E-state index is 0.0233. The molecule has 0 saturated heterocycles. The van der Waals surface area contributed by atoms with Crippen LogP contribution in [0.1, 0.15) is 35.2 Å². The molecule has 1 heterocycles. The SMILES string of the molecule is Cc1noc(-c2ccc(-c3ccc(C4(C(=O)O)CC4)cc3)cc2)c1CC(=O)N(O)CCc1ccccc1. The molecule has 3 aromatic carbocycles. The van der Waals surface area contributed by atoms with E-state index in [0.717, 1.165) is 32.9 Å². The number of carbonyl (C=O) groups is 2. The number of benzene rings is 3. The fraction of sp³-hybridized carbons (Fsp3) is 0.233. The zero-order valence-electron chi connectivity index (χ0n) is 20.6. The van der Waals surface area contributed by atoms with Crippen molar-refractivity contribution in [3.8, 4) is 22.5 Å². The van der Waals surface area contributed by atoms with Gasteiger partial charge in [0.05, 0.1) is 24.1 Å². The first-order valence-corrected chi connectivity index (χ1v) is 12.3. The Balaban J connectivity index is 1.27. The van der Waals surface area contributed by atoms with E-state index >= 15 is 0 Å². The van der Waals surface area contributed by atoms with Crippen LogP contribution < -0.4 is 0 Å². The molecule has 0 spiro atoms. The molecule has 0 aliphatic heterocycles. The lowest BCUT2D eigenvalue weighted by Gasteiger charge is -2.15. The van der Waals surface area contributed by atoms with Crippen LogP contribution in [0.3, 0.4) is 0 Å². The van der Waals surface area contributed by atoms with E-state index in [-0.39, 0.29) is 13.0 Å². The van der Waals surface area contributed by atoms with Crippen LogP contribution in [0.2, 0.25) is 0 Å². The summed E-state index contributed by atoms with van der Waals surface area (Å²) < 4.78 is 5.56. The summed E-state index contributed by atoms with van der Waals surface area (Å²) in [5.41, 5.74) is 5.15. The van der Waals surface area contributed by atoms with Crippen molar-refractivity contribution in [1.82, 2.24) is 10.2 Å². The number of carboxylic acids is 1. The summed E-state index contributed by atoms with van der Waals surface area (Å²) in [5.74, 6) is -0.682. The molecule has 5 rings (SSSR count). The first-order chi connectivity index (χ1) is 17.9. The second kappa shape index (κ2) is 10.0. The van der Waals surface area contributed by atoms with Crippen LogP contribution in [0, 0.1) is 6.92 Å². The van der Waals surface area contributed by atoms with Crippen molar-refractivity contribution in [2.24, 2.45) is 0 Å². The maximum Gasteiger partial charge on any atom is 0.314 e. The lowest BCUT2D eigenvalue weighted by atomic mass is 9.93. The highest BCUT2D eigenvalue weighted by Gasteiger charge is 2.51. The summed E-state index contributed by atoms with van der Waals surface area (Å²) in [4.78, 5) is 24.3. The molecule has 1 fully saturated rings. The highest BCUT2D eigenvalue weighted by atomic mass is 16.5. The molecule has 1 amide bonds. The second-order valence-corrected chi connectivity index (χ2v) is 9.55. The van der Waals surface area contributed by atoms with E-state index in [4.69, 9.17) is 4.52 Å². The van der Waals surface area contributed by atoms with E-state index in [9.17, 15) is 19.9 Å². The predicted molar refractivity (Wildman–Crippen MR) is 138 cm³/mol. The Morgan fingerprint density at radius 3 is 2.11 bits per heavy atom. The van der Waals surface area contributed by atoms with Crippen LogP contribution >= 0.6 is 0 Å². The molecule has 0 unspecified atom stereocenters. The minimum Gasteiger partial charge on any atom is -0.481 e. The van der Waals surface area contributed by atoms with E-state index in [1.807, 2.05) is 78.9 Å². The van der Waals surface area contributed by atoms with Gasteiger partial charge in [-0.1, -0.05) is 84.0 Å². The normalized spacial score (nSPS) is 13.8. The van der Waals surface area contributed by atoms with Gasteiger partial charge in [0.15, 0.2) is 5.76 Å². The number of amides is 1. The lowest BCUT2D eigenvalue weighted by Crippen LogP contribution is -2.31. The number of hydroxylamine groups is 2. The number of rotatable bonds is 9. The van der Waals surface area contributed by atoms with Gasteiger partial charge >= 0.3 is 5.97 Å². The lowest BCUT2D eigenvalue weighted by molar-refractivity contribution is -0.164. The van der Waals surface area contributed by atoms with Crippen LogP contribution in [0.4, 0.5) is 0 Å². The van der Waals surface area contributed by atoms with Gasteiger partial charge in [0, 0.05) is 11.1 Å². The van der Waals surface area contributed by atoms with E-state index in [1.165, 1.54) is 0 Å². The first-order valence-electron chi connectivity index (χ1n) is 12.3. The Labute approximate surface area is 214 Å². The smallest absolute Gasteiger partial charge is 0.314 e. The molecule has 7 nitrogen and oxygen atoms in total. The Kier molecular flexibility index (Phi) is 6.63. The van der Waals surface area contributed by atoms with Gasteiger partial charge in [0.1, 0.15) is 0 Å². The van der Waals surface area contributed by atoms with Gasteiger partial charge in [-0.3, -0.25) is 14.8 Å². The number of nitrogens with zero attached hydrogens (tertiary/aromatic N) is 2. The summed E-state index contributed by atoms with van der Waals surface area (Å²) >= 11 is 0. The van der Waals surface area contributed by atoms with Crippen LogP contribution in [0.25, 0.3) is 22.5 Å². The number of aryl methyl sites for hydroxylation is 1. The Bertz CT molecular complexity index is 1400. The highest BCUT2D eigenvalue weighted by molar-refractivity contribution is 5.85. The quantitative estimate of drug-likeness (QED) is 0.236. The standard InChI is InChI=1S/C30H28N2O5/c1-20-26(19-27(33)32(36)18-15-21-5-3-2-4-6-21)28(37-31-20)24-9-7-22(8-10-24)23-11-13-25(14-12-23)30(16-17-30)29(34)35/h2-14,36H,15-19H2,1H3,(H,34,35). The summed E-state index contributed by atoms with van der Waals surface area (Å²) in [6, 6.07) is 25.1. The molecule has 2 N–H and O–H groups in total. The largest absolute Gasteiger partial charge is 0.481 e. The van der Waals surface area contributed by atoms with Crippen molar-refractivity contribution in [2.45, 2.75) is 38.0 Å². The molecule has 7 heteroatoms. The minimum atomic E-state index is -0.762. The van der Waals surface area contributed by atoms with Gasteiger partial charge in [0.25, 0.3) is 5.91 Å². The van der Waals surface area contributed by atoms with Gasteiger partial charge in [-0.25, -0.2) is 5.06 Å². The third-order valence-electron chi connectivity index (χ3n) is 7.13. The molecule has 1 aromatic heterocycles. The molecule has 1 aliphatic carbocycles. The summed E-state index contributed by atoms with van der Waals surface area (Å²) in [7, 11) is 0. The number of carbonyl (C=O) groups excluding carboxylic acids is 1. The van der Waals surface area contributed by atoms with Gasteiger partial charge in [-0.05, 0) is 48.4 Å². The van der Waals surface area contributed by atoms with Crippen LogP contribution in [-0.2, 0) is 27.8 Å². The van der Waals surface area contributed by atoms with Crippen LogP contribution in [-0.4, -0.2) is 39.0 Å². The predicted octanol–water partition coefficient (Wildman–Crippen LogP) is 5.44. The Morgan fingerprint density at radius 1 is 0.919 bits per heavy atom. The van der Waals surface area contributed by atoms with Crippen molar-refractivity contribution in [3.05, 3.63) is 101 Å². The van der Waals surface area contributed by atoms with E-state index in [1.54, 1.807) is 6.92 Å². The van der Waals surface area contributed by atoms with E-state index in [0.29, 0.717) is 36.3 Å².